The van der Waals surface area contributed by atoms with Crippen molar-refractivity contribution < 1.29 is 14.3 Å². The van der Waals surface area contributed by atoms with Gasteiger partial charge in [-0.15, -0.1) is 0 Å². The minimum atomic E-state index is -0.239. The number of hydrogen-bond acceptors (Lipinski definition) is 3. The van der Waals surface area contributed by atoms with Crippen LogP contribution in [0.2, 0.25) is 0 Å². The first kappa shape index (κ1) is 19.5. The summed E-state index contributed by atoms with van der Waals surface area (Å²) in [6, 6.07) is 25.1. The highest BCUT2D eigenvalue weighted by molar-refractivity contribution is 5.84. The Bertz CT molecular complexity index is 1150. The molecule has 5 nitrogen and oxygen atoms in total. The molecule has 0 radical (unpaired) electrons. The zero-order chi connectivity index (χ0) is 20.8. The van der Waals surface area contributed by atoms with E-state index in [0.29, 0.717) is 17.9 Å². The number of rotatable bonds is 8. The number of ether oxygens (including phenoxy) is 1. The molecule has 0 spiro atoms. The number of nitrogens with one attached hydrogen (secondary N) is 2. The second-order valence-corrected chi connectivity index (χ2v) is 7.00. The topological polar surface area (TPSA) is 71.2 Å². The molecule has 4 rings (SSSR count). The molecule has 0 aliphatic heterocycles. The third kappa shape index (κ3) is 4.25. The van der Waals surface area contributed by atoms with E-state index in [-0.39, 0.29) is 18.4 Å². The van der Waals surface area contributed by atoms with E-state index >= 15 is 0 Å². The van der Waals surface area contributed by atoms with Crippen LogP contribution in [0.5, 0.6) is 5.75 Å². The monoisotopic (exact) mass is 398 g/mol. The summed E-state index contributed by atoms with van der Waals surface area (Å²) in [4.78, 5) is 26.9. The molecule has 0 saturated heterocycles. The van der Waals surface area contributed by atoms with Crippen LogP contribution >= 0.6 is 0 Å². The molecule has 0 aliphatic rings. The van der Waals surface area contributed by atoms with E-state index in [9.17, 15) is 9.59 Å². The Morgan fingerprint density at radius 2 is 1.70 bits per heavy atom. The Hall–Kier alpha value is -3.86. The fourth-order valence-electron chi connectivity index (χ4n) is 3.59. The van der Waals surface area contributed by atoms with Gasteiger partial charge in [0, 0.05) is 29.6 Å². The number of carbonyl (C=O) groups excluding carboxylic acids is 2. The molecule has 1 heterocycles. The van der Waals surface area contributed by atoms with Gasteiger partial charge in [0.05, 0.1) is 5.56 Å². The number of hydrogen-bond donors (Lipinski definition) is 2. The van der Waals surface area contributed by atoms with E-state index < -0.39 is 0 Å². The highest BCUT2D eigenvalue weighted by Gasteiger charge is 2.19. The van der Waals surface area contributed by atoms with Crippen molar-refractivity contribution in [3.8, 4) is 5.75 Å². The molecule has 30 heavy (non-hydrogen) atoms. The number of aromatic amines is 1. The third-order valence-electron chi connectivity index (χ3n) is 5.11. The summed E-state index contributed by atoms with van der Waals surface area (Å²) in [5.74, 6) is 0.156. The molecular formula is C25H22N2O3. The van der Waals surface area contributed by atoms with E-state index in [1.807, 2.05) is 42.6 Å². The van der Waals surface area contributed by atoms with Crippen molar-refractivity contribution in [1.82, 2.24) is 10.3 Å². The van der Waals surface area contributed by atoms with Crippen LogP contribution in [-0.2, 0) is 4.79 Å². The standard InChI is InChI=1S/C25H22N2O3/c28-16-19-10-4-7-13-24(19)30-17-25(29)27-14-21(18-8-2-1-3-9-18)22-15-26-23-12-6-5-11-20(22)23/h1-13,15-16,21,26H,14,17H2,(H,27,29). The van der Waals surface area contributed by atoms with Gasteiger partial charge in [0.25, 0.3) is 5.91 Å². The minimum Gasteiger partial charge on any atom is -0.483 e. The summed E-state index contributed by atoms with van der Waals surface area (Å²) < 4.78 is 5.54. The van der Waals surface area contributed by atoms with Crippen LogP contribution in [-0.4, -0.2) is 30.3 Å². The molecule has 1 unspecified atom stereocenters. The molecule has 0 aliphatic carbocycles. The van der Waals surface area contributed by atoms with Gasteiger partial charge in [0.1, 0.15) is 5.75 Å². The molecule has 0 saturated carbocycles. The Morgan fingerprint density at radius 3 is 2.53 bits per heavy atom. The Balaban J connectivity index is 1.49. The second-order valence-electron chi connectivity index (χ2n) is 7.00. The van der Waals surface area contributed by atoms with Gasteiger partial charge in [-0.25, -0.2) is 0 Å². The maximum Gasteiger partial charge on any atom is 0.257 e. The fraction of sp³-hybridized carbons (Fsp3) is 0.120. The van der Waals surface area contributed by atoms with E-state index in [1.165, 1.54) is 0 Å². The van der Waals surface area contributed by atoms with Gasteiger partial charge in [-0.05, 0) is 29.3 Å². The third-order valence-corrected chi connectivity index (χ3v) is 5.11. The first-order valence-electron chi connectivity index (χ1n) is 9.81. The van der Waals surface area contributed by atoms with E-state index in [2.05, 4.69) is 28.5 Å². The predicted molar refractivity (Wildman–Crippen MR) is 117 cm³/mol. The largest absolute Gasteiger partial charge is 0.483 e. The predicted octanol–water partition coefficient (Wildman–Crippen LogP) is 4.31. The summed E-state index contributed by atoms with van der Waals surface area (Å²) >= 11 is 0. The summed E-state index contributed by atoms with van der Waals surface area (Å²) in [5.41, 5.74) is 3.74. The van der Waals surface area contributed by atoms with E-state index in [0.717, 1.165) is 28.3 Å². The highest BCUT2D eigenvalue weighted by atomic mass is 16.5. The van der Waals surface area contributed by atoms with Gasteiger partial charge in [-0.2, -0.15) is 0 Å². The molecule has 2 N–H and O–H groups in total. The summed E-state index contributed by atoms with van der Waals surface area (Å²) in [6.45, 7) is 0.281. The fourth-order valence-corrected chi connectivity index (χ4v) is 3.59. The molecule has 4 aromatic rings. The first-order chi connectivity index (χ1) is 14.8. The minimum absolute atomic E-state index is 0.00596. The number of amides is 1. The lowest BCUT2D eigenvalue weighted by Gasteiger charge is -2.18. The van der Waals surface area contributed by atoms with Gasteiger partial charge >= 0.3 is 0 Å². The lowest BCUT2D eigenvalue weighted by atomic mass is 9.91. The summed E-state index contributed by atoms with van der Waals surface area (Å²) in [7, 11) is 0. The number of benzene rings is 3. The van der Waals surface area contributed by atoms with E-state index in [1.54, 1.807) is 24.3 Å². The molecule has 0 bridgehead atoms. The maximum absolute atomic E-state index is 12.5. The zero-order valence-corrected chi connectivity index (χ0v) is 16.4. The Morgan fingerprint density at radius 1 is 0.967 bits per heavy atom. The van der Waals surface area contributed by atoms with Crippen molar-refractivity contribution in [2.24, 2.45) is 0 Å². The number of aromatic nitrogens is 1. The number of aldehydes is 1. The van der Waals surface area contributed by atoms with Crippen molar-refractivity contribution in [2.75, 3.05) is 13.2 Å². The van der Waals surface area contributed by atoms with Gasteiger partial charge in [-0.3, -0.25) is 9.59 Å². The lowest BCUT2D eigenvalue weighted by molar-refractivity contribution is -0.123. The number of carbonyl (C=O) groups is 2. The highest BCUT2D eigenvalue weighted by Crippen LogP contribution is 2.30. The summed E-state index contributed by atoms with van der Waals surface area (Å²) in [5, 5.41) is 4.11. The normalized spacial score (nSPS) is 11.7. The van der Waals surface area contributed by atoms with Gasteiger partial charge in [0.15, 0.2) is 12.9 Å². The lowest BCUT2D eigenvalue weighted by Crippen LogP contribution is -2.32. The van der Waals surface area contributed by atoms with Gasteiger partial charge in [0.2, 0.25) is 0 Å². The number of para-hydroxylation sites is 2. The van der Waals surface area contributed by atoms with Crippen LogP contribution in [0.1, 0.15) is 27.4 Å². The molecular weight excluding hydrogens is 376 g/mol. The quantitative estimate of drug-likeness (QED) is 0.435. The Labute approximate surface area is 174 Å². The van der Waals surface area contributed by atoms with Crippen LogP contribution in [0.3, 0.4) is 0 Å². The second kappa shape index (κ2) is 9.09. The number of H-pyrrole nitrogens is 1. The first-order valence-corrected chi connectivity index (χ1v) is 9.81. The zero-order valence-electron chi connectivity index (χ0n) is 16.4. The molecule has 1 amide bonds. The van der Waals surface area contributed by atoms with Gasteiger partial charge in [-0.1, -0.05) is 60.7 Å². The average molecular weight is 398 g/mol. The SMILES string of the molecule is O=Cc1ccccc1OCC(=O)NCC(c1ccccc1)c1c[nH]c2ccccc12. The smallest absolute Gasteiger partial charge is 0.257 e. The van der Waals surface area contributed by atoms with Crippen molar-refractivity contribution >= 4 is 23.1 Å². The van der Waals surface area contributed by atoms with Crippen LogP contribution in [0, 0.1) is 0 Å². The Kier molecular flexibility index (Phi) is 5.90. The average Bonchev–Trinajstić information content (AvgIpc) is 3.23. The summed E-state index contributed by atoms with van der Waals surface area (Å²) in [6.07, 6.45) is 2.72. The van der Waals surface area contributed by atoms with Crippen LogP contribution < -0.4 is 10.1 Å². The molecule has 1 aromatic heterocycles. The molecule has 5 heteroatoms. The van der Waals surface area contributed by atoms with E-state index in [4.69, 9.17) is 4.74 Å². The van der Waals surface area contributed by atoms with Crippen LogP contribution in [0.15, 0.2) is 85.1 Å². The molecule has 0 fully saturated rings. The van der Waals surface area contributed by atoms with Crippen molar-refractivity contribution in [3.05, 3.63) is 102 Å². The molecule has 150 valence electrons. The van der Waals surface area contributed by atoms with Crippen LogP contribution in [0.25, 0.3) is 10.9 Å². The maximum atomic E-state index is 12.5. The van der Waals surface area contributed by atoms with Crippen LogP contribution in [0.4, 0.5) is 0 Å². The number of fused-ring (bicyclic) bond motifs is 1. The molecule has 1 atom stereocenters. The van der Waals surface area contributed by atoms with Crippen molar-refractivity contribution in [1.29, 1.82) is 0 Å². The van der Waals surface area contributed by atoms with Crippen molar-refractivity contribution in [3.63, 3.8) is 0 Å². The molecule has 3 aromatic carbocycles. The van der Waals surface area contributed by atoms with Gasteiger partial charge < -0.3 is 15.0 Å². The van der Waals surface area contributed by atoms with Crippen molar-refractivity contribution in [2.45, 2.75) is 5.92 Å².